The number of nitrogen functional groups attached to an aromatic ring is 1. The third kappa shape index (κ3) is 2.31. The molecule has 0 amide bonds. The van der Waals surface area contributed by atoms with Crippen LogP contribution in [-0.4, -0.2) is 10.1 Å². The number of nitrogens with zero attached hydrogens (tertiary/aromatic N) is 1. The number of halogens is 1. The van der Waals surface area contributed by atoms with Crippen LogP contribution in [-0.2, 0) is 0 Å². The highest BCUT2D eigenvalue weighted by Crippen LogP contribution is 2.34. The van der Waals surface area contributed by atoms with Gasteiger partial charge in [-0.3, -0.25) is 4.79 Å². The van der Waals surface area contributed by atoms with E-state index in [1.807, 2.05) is 0 Å². The molecule has 0 unspecified atom stereocenters. The fraction of sp³-hybridized carbons (Fsp3) is 0.0667. The minimum Gasteiger partial charge on any atom is -0.367 e. The molecular weight excluding hydrogens is 273 g/mol. The highest BCUT2D eigenvalue weighted by atomic mass is 19.1. The number of pyridine rings is 1. The van der Waals surface area contributed by atoms with Crippen molar-refractivity contribution in [1.29, 1.82) is 0 Å². The quantitative estimate of drug-likeness (QED) is 0.758. The van der Waals surface area contributed by atoms with Crippen LogP contribution in [0, 0.1) is 12.7 Å². The van der Waals surface area contributed by atoms with E-state index in [0.717, 1.165) is 5.69 Å². The van der Waals surface area contributed by atoms with Crippen molar-refractivity contribution in [3.63, 3.8) is 0 Å². The number of rotatable bonds is 2. The van der Waals surface area contributed by atoms with E-state index in [-0.39, 0.29) is 17.1 Å². The second-order valence-corrected chi connectivity index (χ2v) is 4.67. The molecule has 21 heavy (non-hydrogen) atoms. The third-order valence-electron chi connectivity index (χ3n) is 3.16. The van der Waals surface area contributed by atoms with Gasteiger partial charge in [-0.05, 0) is 24.6 Å². The minimum atomic E-state index is -0.358. The van der Waals surface area contributed by atoms with Crippen molar-refractivity contribution in [2.45, 2.75) is 6.92 Å². The van der Waals surface area contributed by atoms with Crippen LogP contribution < -0.4 is 11.2 Å². The van der Waals surface area contributed by atoms with E-state index in [0.29, 0.717) is 22.4 Å². The van der Waals surface area contributed by atoms with Gasteiger partial charge in [-0.25, -0.2) is 4.39 Å². The molecule has 3 N–H and O–H groups in total. The van der Waals surface area contributed by atoms with E-state index in [2.05, 4.69) is 10.1 Å². The number of aromatic nitrogens is 2. The average molecular weight is 285 g/mol. The van der Waals surface area contributed by atoms with Gasteiger partial charge in [0.1, 0.15) is 11.5 Å². The van der Waals surface area contributed by atoms with Crippen LogP contribution in [0.25, 0.3) is 22.4 Å². The van der Waals surface area contributed by atoms with Crippen molar-refractivity contribution in [3.8, 4) is 22.4 Å². The molecule has 3 rings (SSSR count). The van der Waals surface area contributed by atoms with E-state index in [4.69, 9.17) is 10.3 Å². The number of hydrogen-bond acceptors (Lipinski definition) is 4. The van der Waals surface area contributed by atoms with E-state index in [1.54, 1.807) is 25.3 Å². The van der Waals surface area contributed by atoms with Gasteiger partial charge in [0.15, 0.2) is 5.43 Å². The Morgan fingerprint density at radius 2 is 2.00 bits per heavy atom. The average Bonchev–Trinajstić information content (AvgIpc) is 2.82. The first-order chi connectivity index (χ1) is 10.1. The molecular formula is C15H12FN3O2. The van der Waals surface area contributed by atoms with Crippen LogP contribution in [0.2, 0.25) is 0 Å². The molecule has 3 aromatic rings. The second kappa shape index (κ2) is 4.90. The highest BCUT2D eigenvalue weighted by Gasteiger charge is 2.19. The number of aromatic amines is 1. The molecule has 0 aliphatic rings. The topological polar surface area (TPSA) is 84.9 Å². The molecule has 0 fully saturated rings. The first-order valence-electron chi connectivity index (χ1n) is 6.27. The van der Waals surface area contributed by atoms with Gasteiger partial charge < -0.3 is 15.2 Å². The summed E-state index contributed by atoms with van der Waals surface area (Å²) < 4.78 is 18.0. The molecule has 0 radical (unpaired) electrons. The Kier molecular flexibility index (Phi) is 3.06. The van der Waals surface area contributed by atoms with Gasteiger partial charge in [0.25, 0.3) is 0 Å². The molecule has 0 aliphatic heterocycles. The Bertz CT molecular complexity index is 850. The van der Waals surface area contributed by atoms with Crippen LogP contribution in [0.4, 0.5) is 10.3 Å². The van der Waals surface area contributed by atoms with Crippen molar-refractivity contribution in [1.82, 2.24) is 10.1 Å². The van der Waals surface area contributed by atoms with E-state index in [9.17, 15) is 9.18 Å². The number of benzene rings is 1. The van der Waals surface area contributed by atoms with Gasteiger partial charge in [0, 0.05) is 18.0 Å². The largest absolute Gasteiger partial charge is 0.367 e. The van der Waals surface area contributed by atoms with E-state index >= 15 is 0 Å². The van der Waals surface area contributed by atoms with Crippen molar-refractivity contribution in [2.75, 3.05) is 5.73 Å². The molecule has 0 atom stereocenters. The maximum Gasteiger partial charge on any atom is 0.230 e. The predicted molar refractivity (Wildman–Crippen MR) is 77.1 cm³/mol. The van der Waals surface area contributed by atoms with Crippen molar-refractivity contribution in [3.05, 3.63) is 58.3 Å². The normalized spacial score (nSPS) is 10.8. The Balaban J connectivity index is 2.21. The summed E-state index contributed by atoms with van der Waals surface area (Å²) in [6, 6.07) is 7.21. The van der Waals surface area contributed by atoms with Gasteiger partial charge in [-0.2, -0.15) is 0 Å². The summed E-state index contributed by atoms with van der Waals surface area (Å²) in [5, 5.41) is 3.86. The third-order valence-corrected chi connectivity index (χ3v) is 3.16. The number of nitrogens with two attached hydrogens (primary N) is 1. The van der Waals surface area contributed by atoms with Crippen LogP contribution in [0.5, 0.6) is 0 Å². The van der Waals surface area contributed by atoms with Gasteiger partial charge in [0.2, 0.25) is 5.88 Å². The summed E-state index contributed by atoms with van der Waals surface area (Å²) in [5.41, 5.74) is 8.13. The molecule has 0 saturated heterocycles. The molecule has 1 aromatic carbocycles. The summed E-state index contributed by atoms with van der Waals surface area (Å²) in [5.74, 6) is -0.278. The number of hydrogen-bond donors (Lipinski definition) is 2. The van der Waals surface area contributed by atoms with Crippen LogP contribution in [0.15, 0.2) is 45.8 Å². The molecule has 0 aliphatic carbocycles. The standard InChI is InChI=1S/C15H12FN3O2/c1-8-6-12(20)11(7-18-8)14-13(15(17)21-19-14)9-2-4-10(16)5-3-9/h2-7H,17H2,1H3,(H,18,20). The lowest BCUT2D eigenvalue weighted by Gasteiger charge is -2.03. The smallest absolute Gasteiger partial charge is 0.230 e. The summed E-state index contributed by atoms with van der Waals surface area (Å²) >= 11 is 0. The Morgan fingerprint density at radius 1 is 1.29 bits per heavy atom. The lowest BCUT2D eigenvalue weighted by molar-refractivity contribution is 0.439. The summed E-state index contributed by atoms with van der Waals surface area (Å²) in [6.07, 6.45) is 1.56. The number of nitrogens with one attached hydrogen (secondary N) is 1. The fourth-order valence-electron chi connectivity index (χ4n) is 2.14. The van der Waals surface area contributed by atoms with Crippen LogP contribution in [0.3, 0.4) is 0 Å². The highest BCUT2D eigenvalue weighted by molar-refractivity contribution is 5.86. The van der Waals surface area contributed by atoms with Gasteiger partial charge in [-0.1, -0.05) is 17.3 Å². The van der Waals surface area contributed by atoms with Crippen LogP contribution in [0.1, 0.15) is 5.69 Å². The van der Waals surface area contributed by atoms with Crippen LogP contribution >= 0.6 is 0 Å². The van der Waals surface area contributed by atoms with Gasteiger partial charge >= 0.3 is 0 Å². The molecule has 0 saturated carbocycles. The molecule has 0 bridgehead atoms. The number of aryl methyl sites for hydroxylation is 1. The van der Waals surface area contributed by atoms with E-state index < -0.39 is 0 Å². The second-order valence-electron chi connectivity index (χ2n) is 4.67. The van der Waals surface area contributed by atoms with E-state index in [1.165, 1.54) is 18.2 Å². The Morgan fingerprint density at radius 3 is 2.67 bits per heavy atom. The molecule has 0 spiro atoms. The maximum atomic E-state index is 13.0. The van der Waals surface area contributed by atoms with Crippen molar-refractivity contribution < 1.29 is 8.91 Å². The fourth-order valence-corrected chi connectivity index (χ4v) is 2.14. The minimum absolute atomic E-state index is 0.0802. The van der Waals surface area contributed by atoms with Gasteiger partial charge in [0.05, 0.1) is 11.1 Å². The molecule has 2 heterocycles. The first-order valence-corrected chi connectivity index (χ1v) is 6.27. The summed E-state index contributed by atoms with van der Waals surface area (Å²) in [7, 11) is 0. The maximum absolute atomic E-state index is 13.0. The zero-order chi connectivity index (χ0) is 15.0. The Labute approximate surface area is 119 Å². The zero-order valence-corrected chi connectivity index (χ0v) is 11.2. The molecule has 5 nitrogen and oxygen atoms in total. The molecule has 106 valence electrons. The molecule has 2 aromatic heterocycles. The predicted octanol–water partition coefficient (Wildman–Crippen LogP) is 2.73. The Hall–Kier alpha value is -2.89. The number of anilines is 1. The summed E-state index contributed by atoms with van der Waals surface area (Å²) in [4.78, 5) is 15.0. The zero-order valence-electron chi connectivity index (χ0n) is 11.2. The SMILES string of the molecule is Cc1cc(=O)c(-c2noc(N)c2-c2ccc(F)cc2)c[nH]1. The molecule has 6 heteroatoms. The first kappa shape index (κ1) is 13.1. The van der Waals surface area contributed by atoms with Gasteiger partial charge in [-0.15, -0.1) is 0 Å². The van der Waals surface area contributed by atoms with Crippen molar-refractivity contribution >= 4 is 5.88 Å². The lowest BCUT2D eigenvalue weighted by atomic mass is 10.0. The number of H-pyrrole nitrogens is 1. The monoisotopic (exact) mass is 285 g/mol. The lowest BCUT2D eigenvalue weighted by Crippen LogP contribution is -2.06. The van der Waals surface area contributed by atoms with Crippen molar-refractivity contribution in [2.24, 2.45) is 0 Å². The summed E-state index contributed by atoms with van der Waals surface area (Å²) in [6.45, 7) is 1.78.